The zero-order valence-corrected chi connectivity index (χ0v) is 19.5. The molecule has 34 heavy (non-hydrogen) atoms. The number of anilines is 1. The summed E-state index contributed by atoms with van der Waals surface area (Å²) in [5.74, 6) is 1.13. The maximum atomic E-state index is 13.6. The predicted molar refractivity (Wildman–Crippen MR) is 133 cm³/mol. The van der Waals surface area contributed by atoms with E-state index < -0.39 is 5.91 Å². The van der Waals surface area contributed by atoms with E-state index in [1.165, 1.54) is 21.3 Å². The molecule has 0 unspecified atom stereocenters. The minimum absolute atomic E-state index is 0.147. The van der Waals surface area contributed by atoms with Crippen LogP contribution in [0.2, 0.25) is 0 Å². The van der Waals surface area contributed by atoms with E-state index in [1.807, 2.05) is 60.0 Å². The molecule has 7 heteroatoms. The van der Waals surface area contributed by atoms with Gasteiger partial charge in [-0.1, -0.05) is 42.5 Å². The van der Waals surface area contributed by atoms with Gasteiger partial charge in [0.1, 0.15) is 5.82 Å². The Balaban J connectivity index is 1.93. The van der Waals surface area contributed by atoms with Crippen molar-refractivity contribution < 1.29 is 19.0 Å². The van der Waals surface area contributed by atoms with Gasteiger partial charge in [-0.15, -0.1) is 0 Å². The van der Waals surface area contributed by atoms with E-state index in [0.717, 1.165) is 11.1 Å². The molecule has 4 rings (SSSR count). The number of nitrogens with zero attached hydrogens (tertiary/aromatic N) is 1. The fourth-order valence-corrected chi connectivity index (χ4v) is 4.12. The molecule has 0 aliphatic heterocycles. The normalized spacial score (nSPS) is 10.7. The summed E-state index contributed by atoms with van der Waals surface area (Å²) in [6.07, 6.45) is 0. The highest BCUT2D eigenvalue weighted by atomic mass is 16.5. The molecule has 3 aromatic carbocycles. The number of aromatic nitrogens is 1. The number of nitrogens with one attached hydrogen (secondary N) is 1. The van der Waals surface area contributed by atoms with E-state index in [9.17, 15) is 9.59 Å². The van der Waals surface area contributed by atoms with Crippen molar-refractivity contribution in [3.8, 4) is 28.4 Å². The quantitative estimate of drug-likeness (QED) is 0.423. The summed E-state index contributed by atoms with van der Waals surface area (Å²) in [6.45, 7) is 2.52. The molecule has 0 aliphatic rings. The first-order valence-corrected chi connectivity index (χ1v) is 10.9. The van der Waals surface area contributed by atoms with Gasteiger partial charge in [-0.2, -0.15) is 0 Å². The lowest BCUT2D eigenvalue weighted by Gasteiger charge is -2.21. The van der Waals surface area contributed by atoms with Crippen LogP contribution in [0.1, 0.15) is 17.3 Å². The molecule has 0 bridgehead atoms. The number of fused-ring (bicyclic) bond motifs is 1. The summed E-state index contributed by atoms with van der Waals surface area (Å²) in [4.78, 5) is 27.1. The largest absolute Gasteiger partial charge is 0.493 e. The van der Waals surface area contributed by atoms with Gasteiger partial charge >= 0.3 is 0 Å². The third-order valence-electron chi connectivity index (χ3n) is 5.71. The van der Waals surface area contributed by atoms with Gasteiger partial charge in [0.25, 0.3) is 5.91 Å². The molecule has 1 aromatic heterocycles. The first-order valence-electron chi connectivity index (χ1n) is 10.9. The van der Waals surface area contributed by atoms with Crippen LogP contribution >= 0.6 is 0 Å². The third-order valence-corrected chi connectivity index (χ3v) is 5.71. The van der Waals surface area contributed by atoms with Crippen LogP contribution < -0.4 is 25.0 Å². The number of hydrogen-bond acceptors (Lipinski definition) is 5. The van der Waals surface area contributed by atoms with Gasteiger partial charge in [-0.3, -0.25) is 9.59 Å². The van der Waals surface area contributed by atoms with Crippen LogP contribution in [0.5, 0.6) is 17.2 Å². The molecule has 0 aliphatic carbocycles. The first-order chi connectivity index (χ1) is 16.5. The van der Waals surface area contributed by atoms with E-state index in [2.05, 4.69) is 5.32 Å². The summed E-state index contributed by atoms with van der Waals surface area (Å²) < 4.78 is 18.1. The topological polar surface area (TPSA) is 78.8 Å². The smallest absolute Gasteiger partial charge is 0.257 e. The van der Waals surface area contributed by atoms with Crippen LogP contribution in [-0.2, 0) is 6.54 Å². The Morgan fingerprint density at radius 3 is 2.09 bits per heavy atom. The second-order valence-electron chi connectivity index (χ2n) is 7.55. The Morgan fingerprint density at radius 2 is 1.50 bits per heavy atom. The number of benzene rings is 3. The second kappa shape index (κ2) is 9.70. The highest BCUT2D eigenvalue weighted by Gasteiger charge is 2.22. The predicted octanol–water partition coefficient (Wildman–Crippen LogP) is 4.97. The van der Waals surface area contributed by atoms with E-state index in [0.29, 0.717) is 46.1 Å². The molecule has 7 nitrogen and oxygen atoms in total. The number of pyridine rings is 1. The van der Waals surface area contributed by atoms with Gasteiger partial charge in [-0.25, -0.2) is 0 Å². The molecule has 4 aromatic rings. The number of ether oxygens (including phenoxy) is 3. The Labute approximate surface area is 197 Å². The highest BCUT2D eigenvalue weighted by Crippen LogP contribution is 2.38. The van der Waals surface area contributed by atoms with Crippen molar-refractivity contribution in [3.05, 3.63) is 82.5 Å². The van der Waals surface area contributed by atoms with Gasteiger partial charge in [-0.05, 0) is 36.8 Å². The average molecular weight is 459 g/mol. The van der Waals surface area contributed by atoms with Gasteiger partial charge in [0.15, 0.2) is 16.9 Å². The van der Waals surface area contributed by atoms with E-state index in [4.69, 9.17) is 14.2 Å². The van der Waals surface area contributed by atoms with Crippen LogP contribution in [0, 0.1) is 0 Å². The summed E-state index contributed by atoms with van der Waals surface area (Å²) in [6, 6.07) is 19.9. The van der Waals surface area contributed by atoms with Crippen molar-refractivity contribution in [1.29, 1.82) is 0 Å². The molecular formula is C27H26N2O5. The molecule has 1 N–H and O–H groups in total. The zero-order chi connectivity index (χ0) is 24.2. The molecule has 174 valence electrons. The SMILES string of the molecule is CCn1c(NC(=O)c2cc(OC)c(OC)c(OC)c2)c(-c2ccccc2)c(=O)c2ccccc21. The van der Waals surface area contributed by atoms with Crippen molar-refractivity contribution in [3.63, 3.8) is 0 Å². The number of carbonyl (C=O) groups is 1. The number of para-hydroxylation sites is 1. The summed E-state index contributed by atoms with van der Waals surface area (Å²) in [7, 11) is 4.48. The lowest BCUT2D eigenvalue weighted by Crippen LogP contribution is -2.22. The van der Waals surface area contributed by atoms with Crippen molar-refractivity contribution in [2.45, 2.75) is 13.5 Å². The Kier molecular flexibility index (Phi) is 6.54. The van der Waals surface area contributed by atoms with Gasteiger partial charge < -0.3 is 24.1 Å². The maximum Gasteiger partial charge on any atom is 0.257 e. The van der Waals surface area contributed by atoms with Crippen molar-refractivity contribution >= 4 is 22.6 Å². The number of amides is 1. The van der Waals surface area contributed by atoms with E-state index in [1.54, 1.807) is 18.2 Å². The molecule has 0 fully saturated rings. The molecule has 0 saturated heterocycles. The minimum Gasteiger partial charge on any atom is -0.493 e. The summed E-state index contributed by atoms with van der Waals surface area (Å²) in [5, 5.41) is 3.58. The monoisotopic (exact) mass is 458 g/mol. The van der Waals surface area contributed by atoms with Crippen LogP contribution in [-0.4, -0.2) is 31.8 Å². The number of methoxy groups -OCH3 is 3. The van der Waals surface area contributed by atoms with Gasteiger partial charge in [0.05, 0.1) is 32.4 Å². The molecule has 1 amide bonds. The van der Waals surface area contributed by atoms with Crippen molar-refractivity contribution in [2.24, 2.45) is 0 Å². The lowest BCUT2D eigenvalue weighted by molar-refractivity contribution is 0.102. The number of hydrogen-bond donors (Lipinski definition) is 1. The molecular weight excluding hydrogens is 432 g/mol. The second-order valence-corrected chi connectivity index (χ2v) is 7.55. The standard InChI is InChI=1S/C27H26N2O5/c1-5-29-20-14-10-9-13-19(20)24(30)23(17-11-7-6-8-12-17)26(29)28-27(31)18-15-21(32-2)25(34-4)22(16-18)33-3/h6-16H,5H2,1-4H3,(H,28,31). The molecule has 0 atom stereocenters. The number of rotatable bonds is 7. The fraction of sp³-hybridized carbons (Fsp3) is 0.185. The Hall–Kier alpha value is -4.26. The van der Waals surface area contributed by atoms with Gasteiger partial charge in [0, 0.05) is 17.5 Å². The first kappa shape index (κ1) is 22.9. The molecule has 1 heterocycles. The van der Waals surface area contributed by atoms with E-state index in [-0.39, 0.29) is 5.43 Å². The van der Waals surface area contributed by atoms with Crippen LogP contribution in [0.25, 0.3) is 22.0 Å². The van der Waals surface area contributed by atoms with E-state index >= 15 is 0 Å². The highest BCUT2D eigenvalue weighted by molar-refractivity contribution is 6.07. The lowest BCUT2D eigenvalue weighted by atomic mass is 10.0. The minimum atomic E-state index is -0.409. The Morgan fingerprint density at radius 1 is 0.882 bits per heavy atom. The van der Waals surface area contributed by atoms with Crippen LogP contribution in [0.3, 0.4) is 0 Å². The van der Waals surface area contributed by atoms with Crippen LogP contribution in [0.4, 0.5) is 5.82 Å². The molecule has 0 spiro atoms. The van der Waals surface area contributed by atoms with Gasteiger partial charge in [0.2, 0.25) is 5.75 Å². The van der Waals surface area contributed by atoms with Crippen molar-refractivity contribution in [2.75, 3.05) is 26.6 Å². The fourth-order valence-electron chi connectivity index (χ4n) is 4.12. The summed E-state index contributed by atoms with van der Waals surface area (Å²) >= 11 is 0. The third kappa shape index (κ3) is 3.96. The Bertz CT molecular complexity index is 1390. The number of aryl methyl sites for hydroxylation is 1. The maximum absolute atomic E-state index is 13.6. The zero-order valence-electron chi connectivity index (χ0n) is 19.5. The molecule has 0 saturated carbocycles. The number of carbonyl (C=O) groups excluding carboxylic acids is 1. The van der Waals surface area contributed by atoms with Crippen LogP contribution in [0.15, 0.2) is 71.5 Å². The molecule has 0 radical (unpaired) electrons. The van der Waals surface area contributed by atoms with Crippen molar-refractivity contribution in [1.82, 2.24) is 4.57 Å². The average Bonchev–Trinajstić information content (AvgIpc) is 2.88. The summed E-state index contributed by atoms with van der Waals surface area (Å²) in [5.41, 5.74) is 2.06.